The first-order valence-corrected chi connectivity index (χ1v) is 23.4. The van der Waals surface area contributed by atoms with Crippen LogP contribution in [0.4, 0.5) is 11.4 Å². The Kier molecular flexibility index (Phi) is 23.7. The Morgan fingerprint density at radius 2 is 0.800 bits per heavy atom. The molecule has 4 unspecified atom stereocenters. The lowest BCUT2D eigenvalue weighted by Crippen LogP contribution is -2.48. The normalized spacial score (nSPS) is 13.7. The van der Waals surface area contributed by atoms with Crippen molar-refractivity contribution in [2.75, 3.05) is 77.5 Å². The predicted molar refractivity (Wildman–Crippen MR) is 263 cm³/mol. The predicted octanol–water partition coefficient (Wildman–Crippen LogP) is -1.73. The van der Waals surface area contributed by atoms with E-state index in [9.17, 15) is 74.7 Å². The van der Waals surface area contributed by atoms with Crippen LogP contribution in [0.25, 0.3) is 0 Å². The molecule has 60 heavy (non-hydrogen) atoms. The largest absolute Gasteiger partial charge is 0.394 e. The molecule has 0 bridgehead atoms. The van der Waals surface area contributed by atoms with Crippen LogP contribution < -0.4 is 21.3 Å². The van der Waals surface area contributed by atoms with Gasteiger partial charge in [0, 0.05) is 34.3 Å². The monoisotopic (exact) mass is 1520 g/mol. The van der Waals surface area contributed by atoms with Crippen molar-refractivity contribution in [3.63, 3.8) is 0 Å². The zero-order valence-corrected chi connectivity index (χ0v) is 44.1. The number of likely N-dealkylation sites (N-methyl/N-ethyl adjacent to an activating group) is 2. The van der Waals surface area contributed by atoms with Gasteiger partial charge in [-0.25, -0.2) is 0 Å². The highest BCUT2D eigenvalue weighted by Crippen LogP contribution is 2.38. The van der Waals surface area contributed by atoms with Crippen LogP contribution in [0.1, 0.15) is 41.4 Å². The average molecular weight is 1520 g/mol. The van der Waals surface area contributed by atoms with E-state index in [1.807, 2.05) is 0 Å². The number of amides is 6. The molecule has 0 saturated carbocycles. The smallest absolute Gasteiger partial charge is 0.255 e. The lowest BCUT2D eigenvalue weighted by atomic mass is 10.1. The number of nitrogens with one attached hydrogen (secondary N) is 4. The number of carbonyl (C=O) groups excluding carboxylic acids is 6. The second-order valence-corrected chi connectivity index (χ2v) is 19.1. The molecule has 0 fully saturated rings. The summed E-state index contributed by atoms with van der Waals surface area (Å²) in [4.78, 5) is 82.1. The Bertz CT molecular complexity index is 1830. The number of hydrogen-bond donors (Lipinski definition) is 13. The third-order valence-electron chi connectivity index (χ3n) is 8.32. The van der Waals surface area contributed by atoms with Crippen LogP contribution in [0.15, 0.2) is 0 Å². The molecule has 0 aliphatic rings. The van der Waals surface area contributed by atoms with E-state index >= 15 is 0 Å². The molecule has 334 valence electrons. The van der Waals surface area contributed by atoms with Crippen molar-refractivity contribution >= 4 is 182 Å². The molecule has 13 N–H and O–H groups in total. The van der Waals surface area contributed by atoms with Crippen LogP contribution in [-0.2, 0) is 9.59 Å². The summed E-state index contributed by atoms with van der Waals surface area (Å²) in [7, 11) is 2.64. The lowest BCUT2D eigenvalue weighted by molar-refractivity contribution is -0.119. The first kappa shape index (κ1) is 55.4. The van der Waals surface area contributed by atoms with Crippen molar-refractivity contribution in [3.05, 3.63) is 43.7 Å². The quantitative estimate of drug-likeness (QED) is 0.0656. The van der Waals surface area contributed by atoms with E-state index in [-0.39, 0.29) is 55.0 Å². The summed E-state index contributed by atoms with van der Waals surface area (Å²) in [6, 6.07) is -2.63. The maximum absolute atomic E-state index is 14.1. The molecule has 21 nitrogen and oxygen atoms in total. The third kappa shape index (κ3) is 13.7. The molecule has 2 rings (SSSR count). The molecule has 27 heteroatoms. The van der Waals surface area contributed by atoms with Gasteiger partial charge >= 0.3 is 0 Å². The van der Waals surface area contributed by atoms with E-state index in [0.29, 0.717) is 0 Å². The van der Waals surface area contributed by atoms with Gasteiger partial charge in [0.1, 0.15) is 13.2 Å². The van der Waals surface area contributed by atoms with Crippen LogP contribution >= 0.6 is 136 Å². The fourth-order valence-corrected chi connectivity index (χ4v) is 14.0. The van der Waals surface area contributed by atoms with Crippen molar-refractivity contribution in [2.24, 2.45) is 0 Å². The second-order valence-electron chi connectivity index (χ2n) is 12.6. The molecular formula is C33H40I6N6O15. The Hall–Kier alpha value is -0.720. The Morgan fingerprint density at radius 3 is 1.07 bits per heavy atom. The molecule has 0 aromatic heterocycles. The molecule has 0 radical (unpaired) electrons. The van der Waals surface area contributed by atoms with Gasteiger partial charge in [0.05, 0.1) is 105 Å². The van der Waals surface area contributed by atoms with Crippen molar-refractivity contribution in [3.8, 4) is 0 Å². The molecule has 4 atom stereocenters. The standard InChI is InChI=1S/C33H40I6N6O15/c1-44(32(59)20-22(34)18(30(57)40-12(5-46)14(53)7-48)24(36)28(26(20)38)42-16(55)9-50)3-11(52)4-45(2)33(60)21-23(35)19(31(58)41-13(6-47)15(54)8-49)25(37)29(27(21)39)43-17(56)10-51/h11-15,46-54H,3-10H2,1-2H3,(H,40,57)(H,41,58)(H,42,55)(H,43,56). The van der Waals surface area contributed by atoms with Gasteiger partial charge in [-0.1, -0.05) is 0 Å². The number of nitrogens with zero attached hydrogens (tertiary/aromatic N) is 2. The Morgan fingerprint density at radius 1 is 0.500 bits per heavy atom. The number of aliphatic hydroxyl groups is 9. The second kappa shape index (κ2) is 25.7. The average Bonchev–Trinajstić information content (AvgIpc) is 3.20. The minimum Gasteiger partial charge on any atom is -0.394 e. The van der Waals surface area contributed by atoms with Gasteiger partial charge in [-0.05, 0) is 136 Å². The van der Waals surface area contributed by atoms with Crippen LogP contribution in [0.5, 0.6) is 0 Å². The van der Waals surface area contributed by atoms with Gasteiger partial charge in [-0.3, -0.25) is 28.8 Å². The molecule has 0 heterocycles. The highest BCUT2D eigenvalue weighted by molar-refractivity contribution is 14.1. The summed E-state index contributed by atoms with van der Waals surface area (Å²) in [5, 5.41) is 98.0. The van der Waals surface area contributed by atoms with E-state index in [4.69, 9.17) is 0 Å². The fourth-order valence-electron chi connectivity index (χ4n) is 5.18. The maximum Gasteiger partial charge on any atom is 0.255 e. The highest BCUT2D eigenvalue weighted by Gasteiger charge is 2.34. The van der Waals surface area contributed by atoms with E-state index in [2.05, 4.69) is 21.3 Å². The molecule has 0 spiro atoms. The first-order chi connectivity index (χ1) is 28.1. The molecular weight excluding hydrogens is 1480 g/mol. The van der Waals surface area contributed by atoms with Gasteiger partial charge in [-0.15, -0.1) is 0 Å². The van der Waals surface area contributed by atoms with Crippen LogP contribution in [0, 0.1) is 21.4 Å². The number of halogens is 6. The van der Waals surface area contributed by atoms with Gasteiger partial charge < -0.3 is 77.0 Å². The van der Waals surface area contributed by atoms with Crippen LogP contribution in [0.2, 0.25) is 0 Å². The summed E-state index contributed by atoms with van der Waals surface area (Å²) in [6.45, 7) is -5.81. The number of aliphatic hydroxyl groups excluding tert-OH is 9. The van der Waals surface area contributed by atoms with E-state index in [1.54, 1.807) is 136 Å². The highest BCUT2D eigenvalue weighted by atomic mass is 127. The van der Waals surface area contributed by atoms with Crippen molar-refractivity contribution in [1.82, 2.24) is 20.4 Å². The van der Waals surface area contributed by atoms with Crippen LogP contribution in [0.3, 0.4) is 0 Å². The van der Waals surface area contributed by atoms with E-state index < -0.39 is 119 Å². The van der Waals surface area contributed by atoms with Gasteiger partial charge in [0.25, 0.3) is 23.6 Å². The SMILES string of the molecule is CN(CC(O)CN(C)C(=O)c1c(I)c(NC(=O)CO)c(I)c(C(=O)NC(CO)C(O)CO)c1I)C(=O)c1c(I)c(NC(=O)CO)c(I)c(C(=O)NC(CO)C(O)CO)c1I. The number of anilines is 2. The van der Waals surface area contributed by atoms with Gasteiger partial charge in [0.2, 0.25) is 11.8 Å². The zero-order valence-electron chi connectivity index (χ0n) is 31.2. The maximum atomic E-state index is 14.1. The summed E-state index contributed by atoms with van der Waals surface area (Å²) in [5.74, 6) is -5.05. The van der Waals surface area contributed by atoms with E-state index in [0.717, 1.165) is 9.80 Å². The summed E-state index contributed by atoms with van der Waals surface area (Å²) in [5.41, 5.74) is -0.578. The van der Waals surface area contributed by atoms with Gasteiger partial charge in [0.15, 0.2) is 0 Å². The molecule has 0 aliphatic carbocycles. The number of hydrogen-bond acceptors (Lipinski definition) is 15. The number of carbonyl (C=O) groups is 6. The molecule has 6 amide bonds. The topological polar surface area (TPSA) is 339 Å². The number of rotatable bonds is 20. The summed E-state index contributed by atoms with van der Waals surface area (Å²) < 4.78 is 0.693. The molecule has 0 aliphatic heterocycles. The minimum atomic E-state index is -1.55. The van der Waals surface area contributed by atoms with Crippen molar-refractivity contribution in [2.45, 2.75) is 30.4 Å². The molecule has 2 aromatic carbocycles. The number of benzene rings is 2. The molecule has 0 saturated heterocycles. The fraction of sp³-hybridized carbons (Fsp3) is 0.455. The zero-order chi connectivity index (χ0) is 45.9. The third-order valence-corrected chi connectivity index (χ3v) is 14.8. The summed E-state index contributed by atoms with van der Waals surface area (Å²) in [6.07, 6.45) is -4.53. The first-order valence-electron chi connectivity index (χ1n) is 16.9. The van der Waals surface area contributed by atoms with E-state index in [1.165, 1.54) is 14.1 Å². The summed E-state index contributed by atoms with van der Waals surface area (Å²) >= 11 is 10.5. The minimum absolute atomic E-state index is 0.0208. The lowest BCUT2D eigenvalue weighted by Gasteiger charge is -2.28. The molecule has 2 aromatic rings. The Balaban J connectivity index is 2.56. The Labute approximate surface area is 424 Å². The van der Waals surface area contributed by atoms with Crippen molar-refractivity contribution < 1.29 is 74.7 Å². The van der Waals surface area contributed by atoms with Gasteiger partial charge in [-0.2, -0.15) is 0 Å². The van der Waals surface area contributed by atoms with Crippen LogP contribution in [-0.4, -0.2) is 188 Å². The van der Waals surface area contributed by atoms with Crippen molar-refractivity contribution in [1.29, 1.82) is 0 Å².